The monoisotopic (exact) mass is 520 g/mol. The second-order valence-electron chi connectivity index (χ2n) is 9.59. The molecule has 4 aromatic rings. The SMILES string of the molecule is CCCCN(CCOC)C1=CC(c2nc(NCc3ccccn3)c3c(-c4ccccc4)cccc3n2)=CNC1. The van der Waals surface area contributed by atoms with Crippen molar-refractivity contribution in [3.05, 3.63) is 102 Å². The van der Waals surface area contributed by atoms with Crippen molar-refractivity contribution in [1.82, 2.24) is 25.2 Å². The van der Waals surface area contributed by atoms with E-state index in [1.165, 1.54) is 5.70 Å². The molecule has 1 aliphatic rings. The number of hydrogen-bond donors (Lipinski definition) is 2. The van der Waals surface area contributed by atoms with Gasteiger partial charge in [-0.25, -0.2) is 9.97 Å². The summed E-state index contributed by atoms with van der Waals surface area (Å²) in [7, 11) is 1.75. The van der Waals surface area contributed by atoms with Gasteiger partial charge in [0.15, 0.2) is 5.82 Å². The Morgan fingerprint density at radius 2 is 1.85 bits per heavy atom. The summed E-state index contributed by atoms with van der Waals surface area (Å²) in [5.74, 6) is 1.48. The number of methoxy groups -OCH3 is 1. The lowest BCUT2D eigenvalue weighted by atomic mass is 10.0. The van der Waals surface area contributed by atoms with E-state index in [-0.39, 0.29) is 0 Å². The number of aromatic nitrogens is 3. The molecule has 0 amide bonds. The molecule has 0 unspecified atom stereocenters. The fourth-order valence-electron chi connectivity index (χ4n) is 4.79. The van der Waals surface area contributed by atoms with Gasteiger partial charge in [-0.1, -0.05) is 61.9 Å². The molecule has 0 saturated carbocycles. The first-order valence-corrected chi connectivity index (χ1v) is 13.6. The maximum absolute atomic E-state index is 5.39. The van der Waals surface area contributed by atoms with Crippen LogP contribution in [0, 0.1) is 0 Å². The van der Waals surface area contributed by atoms with Gasteiger partial charge in [0.1, 0.15) is 5.82 Å². The van der Waals surface area contributed by atoms with E-state index in [1.54, 1.807) is 7.11 Å². The lowest BCUT2D eigenvalue weighted by Gasteiger charge is -2.29. The zero-order valence-electron chi connectivity index (χ0n) is 22.7. The van der Waals surface area contributed by atoms with E-state index < -0.39 is 0 Å². The Hall–Kier alpha value is -4.23. The zero-order valence-corrected chi connectivity index (χ0v) is 22.7. The highest BCUT2D eigenvalue weighted by Gasteiger charge is 2.18. The molecular formula is C32H36N6O. The van der Waals surface area contributed by atoms with Crippen LogP contribution in [-0.4, -0.2) is 53.2 Å². The third-order valence-corrected chi connectivity index (χ3v) is 6.85. The molecule has 7 heteroatoms. The number of allylic oxidation sites excluding steroid dienone is 2. The number of hydrogen-bond acceptors (Lipinski definition) is 7. The van der Waals surface area contributed by atoms with Crippen LogP contribution in [-0.2, 0) is 11.3 Å². The van der Waals surface area contributed by atoms with Gasteiger partial charge in [-0.05, 0) is 41.8 Å². The summed E-state index contributed by atoms with van der Waals surface area (Å²) in [5.41, 5.74) is 6.26. The van der Waals surface area contributed by atoms with Gasteiger partial charge in [-0.3, -0.25) is 4.98 Å². The summed E-state index contributed by atoms with van der Waals surface area (Å²) in [6.07, 6.45) is 8.33. The lowest BCUT2D eigenvalue weighted by molar-refractivity contribution is 0.162. The molecule has 0 atom stereocenters. The molecule has 0 fully saturated rings. The first kappa shape index (κ1) is 26.4. The van der Waals surface area contributed by atoms with Gasteiger partial charge in [0.2, 0.25) is 0 Å². The normalized spacial score (nSPS) is 13.0. The molecule has 200 valence electrons. The number of anilines is 1. The summed E-state index contributed by atoms with van der Waals surface area (Å²) in [6.45, 7) is 6.10. The fourth-order valence-corrected chi connectivity index (χ4v) is 4.79. The van der Waals surface area contributed by atoms with Crippen molar-refractivity contribution >= 4 is 22.3 Å². The van der Waals surface area contributed by atoms with Crippen LogP contribution in [0.25, 0.3) is 27.6 Å². The summed E-state index contributed by atoms with van der Waals surface area (Å²) in [5, 5.41) is 8.03. The van der Waals surface area contributed by atoms with Gasteiger partial charge in [-0.15, -0.1) is 0 Å². The Balaban J connectivity index is 1.56. The predicted molar refractivity (Wildman–Crippen MR) is 159 cm³/mol. The topological polar surface area (TPSA) is 75.2 Å². The summed E-state index contributed by atoms with van der Waals surface area (Å²) in [4.78, 5) is 17.1. The van der Waals surface area contributed by atoms with Crippen molar-refractivity contribution in [1.29, 1.82) is 0 Å². The van der Waals surface area contributed by atoms with E-state index in [2.05, 4.69) is 76.0 Å². The van der Waals surface area contributed by atoms with E-state index in [9.17, 15) is 0 Å². The molecule has 0 radical (unpaired) electrons. The number of unbranched alkanes of at least 4 members (excludes halogenated alkanes) is 1. The number of nitrogens with zero attached hydrogens (tertiary/aromatic N) is 4. The van der Waals surface area contributed by atoms with Crippen LogP contribution in [0.1, 0.15) is 31.3 Å². The van der Waals surface area contributed by atoms with Crippen LogP contribution in [0.3, 0.4) is 0 Å². The summed E-state index contributed by atoms with van der Waals surface area (Å²) < 4.78 is 5.39. The standard InChI is InChI=1S/C32H36N6O/c1-3-4-17-38(18-19-39-2)27-20-25(21-33-23-27)31-36-29-15-10-14-28(24-11-6-5-7-12-24)30(29)32(37-31)35-22-26-13-8-9-16-34-26/h5-16,20-21,33H,3-4,17-19,22-23H2,1-2H3,(H,35,36,37). The van der Waals surface area contributed by atoms with E-state index in [0.717, 1.165) is 71.6 Å². The Kier molecular flexibility index (Phi) is 8.81. The molecule has 39 heavy (non-hydrogen) atoms. The predicted octanol–water partition coefficient (Wildman–Crippen LogP) is 5.88. The van der Waals surface area contributed by atoms with E-state index in [1.807, 2.05) is 36.7 Å². The van der Waals surface area contributed by atoms with Crippen molar-refractivity contribution in [2.45, 2.75) is 26.3 Å². The Bertz CT molecular complexity index is 1430. The largest absolute Gasteiger partial charge is 0.385 e. The molecule has 0 saturated heterocycles. The molecule has 0 bridgehead atoms. The molecule has 7 nitrogen and oxygen atoms in total. The summed E-state index contributed by atoms with van der Waals surface area (Å²) >= 11 is 0. The number of dihydropyridines is 1. The average Bonchev–Trinajstić information content (AvgIpc) is 3.00. The maximum atomic E-state index is 5.39. The third kappa shape index (κ3) is 6.44. The second kappa shape index (κ2) is 13.0. The summed E-state index contributed by atoms with van der Waals surface area (Å²) in [6, 6.07) is 22.6. The number of pyridine rings is 1. The van der Waals surface area contributed by atoms with Crippen LogP contribution in [0.4, 0.5) is 5.82 Å². The third-order valence-electron chi connectivity index (χ3n) is 6.85. The van der Waals surface area contributed by atoms with Crippen molar-refractivity contribution in [3.63, 3.8) is 0 Å². The molecule has 2 aromatic heterocycles. The Labute approximate surface area is 230 Å². The number of rotatable bonds is 12. The lowest BCUT2D eigenvalue weighted by Crippen LogP contribution is -2.33. The van der Waals surface area contributed by atoms with E-state index >= 15 is 0 Å². The quantitative estimate of drug-likeness (QED) is 0.242. The maximum Gasteiger partial charge on any atom is 0.163 e. The molecular weight excluding hydrogens is 484 g/mol. The highest BCUT2D eigenvalue weighted by molar-refractivity contribution is 6.02. The van der Waals surface area contributed by atoms with Gasteiger partial charge < -0.3 is 20.3 Å². The first-order chi connectivity index (χ1) is 19.3. The molecule has 3 heterocycles. The number of benzene rings is 2. The van der Waals surface area contributed by atoms with Crippen LogP contribution < -0.4 is 10.6 Å². The Morgan fingerprint density at radius 1 is 0.974 bits per heavy atom. The highest BCUT2D eigenvalue weighted by Crippen LogP contribution is 2.34. The minimum atomic E-state index is 0.565. The zero-order chi connectivity index (χ0) is 26.9. The smallest absolute Gasteiger partial charge is 0.163 e. The molecule has 0 spiro atoms. The fraction of sp³-hybridized carbons (Fsp3) is 0.281. The van der Waals surface area contributed by atoms with Crippen LogP contribution >= 0.6 is 0 Å². The van der Waals surface area contributed by atoms with Gasteiger partial charge in [0.25, 0.3) is 0 Å². The van der Waals surface area contributed by atoms with Gasteiger partial charge in [0, 0.05) is 43.9 Å². The first-order valence-electron chi connectivity index (χ1n) is 13.6. The molecule has 5 rings (SSSR count). The van der Waals surface area contributed by atoms with Crippen LogP contribution in [0.5, 0.6) is 0 Å². The minimum absolute atomic E-state index is 0.565. The number of ether oxygens (including phenoxy) is 1. The highest BCUT2D eigenvalue weighted by atomic mass is 16.5. The molecule has 2 N–H and O–H groups in total. The van der Waals surface area contributed by atoms with Crippen molar-refractivity contribution < 1.29 is 4.74 Å². The van der Waals surface area contributed by atoms with Gasteiger partial charge in [0.05, 0.1) is 36.3 Å². The van der Waals surface area contributed by atoms with Crippen molar-refractivity contribution in [3.8, 4) is 11.1 Å². The Morgan fingerprint density at radius 3 is 2.64 bits per heavy atom. The van der Waals surface area contributed by atoms with E-state index in [4.69, 9.17) is 14.7 Å². The molecule has 2 aromatic carbocycles. The van der Waals surface area contributed by atoms with Crippen LogP contribution in [0.15, 0.2) is 90.9 Å². The average molecular weight is 521 g/mol. The van der Waals surface area contributed by atoms with Gasteiger partial charge >= 0.3 is 0 Å². The van der Waals surface area contributed by atoms with Crippen molar-refractivity contribution in [2.75, 3.05) is 38.7 Å². The second-order valence-corrected chi connectivity index (χ2v) is 9.59. The molecule has 1 aliphatic heterocycles. The minimum Gasteiger partial charge on any atom is -0.385 e. The van der Waals surface area contributed by atoms with Crippen molar-refractivity contribution in [2.24, 2.45) is 0 Å². The number of nitrogens with one attached hydrogen (secondary N) is 2. The number of fused-ring (bicyclic) bond motifs is 1. The van der Waals surface area contributed by atoms with E-state index in [0.29, 0.717) is 19.0 Å². The molecule has 0 aliphatic carbocycles. The van der Waals surface area contributed by atoms with Crippen LogP contribution in [0.2, 0.25) is 0 Å². The van der Waals surface area contributed by atoms with Gasteiger partial charge in [-0.2, -0.15) is 0 Å².